The third kappa shape index (κ3) is 3.03. The highest BCUT2D eigenvalue weighted by Gasteiger charge is 2.75. The van der Waals surface area contributed by atoms with E-state index < -0.39 is 68.0 Å². The number of rotatable bonds is 4. The van der Waals surface area contributed by atoms with Crippen molar-refractivity contribution in [2.75, 3.05) is 12.3 Å². The van der Waals surface area contributed by atoms with Crippen LogP contribution in [-0.4, -0.2) is 56.3 Å². The fourth-order valence-electron chi connectivity index (χ4n) is 3.31. The van der Waals surface area contributed by atoms with Crippen LogP contribution < -0.4 is 11.3 Å². The molecule has 2 aliphatic rings. The Morgan fingerprint density at radius 2 is 2.13 bits per heavy atom. The van der Waals surface area contributed by atoms with E-state index in [1.54, 1.807) is 0 Å². The molecule has 4 rings (SSSR count). The summed E-state index contributed by atoms with van der Waals surface area (Å²) in [5.41, 5.74) is 0.856. The van der Waals surface area contributed by atoms with Crippen molar-refractivity contribution >= 4 is 24.9 Å². The van der Waals surface area contributed by atoms with E-state index in [4.69, 9.17) is 24.0 Å². The molecule has 2 fully saturated rings. The van der Waals surface area contributed by atoms with Crippen LogP contribution in [0.4, 0.5) is 23.5 Å². The third-order valence-electron chi connectivity index (χ3n) is 4.55. The monoisotopic (exact) mass is 457 g/mol. The highest BCUT2D eigenvalue weighted by atomic mass is 31.2. The molecule has 2 aromatic rings. The van der Waals surface area contributed by atoms with Crippen molar-refractivity contribution in [3.05, 3.63) is 16.7 Å². The van der Waals surface area contributed by atoms with E-state index in [0.29, 0.717) is 4.57 Å². The topological polar surface area (TPSA) is 144 Å². The molecule has 166 valence electrons. The van der Waals surface area contributed by atoms with Crippen molar-refractivity contribution in [1.82, 2.24) is 19.5 Å². The average molecular weight is 457 g/mol. The van der Waals surface area contributed by atoms with Gasteiger partial charge in [-0.25, -0.2) is 18.3 Å². The lowest BCUT2D eigenvalue weighted by Gasteiger charge is -2.39. The van der Waals surface area contributed by atoms with Gasteiger partial charge >= 0.3 is 13.7 Å². The molecule has 16 heteroatoms. The number of hydrogen-bond donors (Lipinski definition) is 2. The molecule has 3 N–H and O–H groups in total. The van der Waals surface area contributed by atoms with E-state index in [0.717, 1.165) is 6.33 Å². The van der Waals surface area contributed by atoms with Gasteiger partial charge in [-0.1, -0.05) is 0 Å². The number of aromatic nitrogens is 4. The molecule has 0 saturated carbocycles. The number of nitrogens with two attached hydrogens (primary N) is 1. The Bertz CT molecular complexity index is 1090. The Morgan fingerprint density at radius 1 is 1.43 bits per heavy atom. The van der Waals surface area contributed by atoms with Crippen molar-refractivity contribution in [1.29, 1.82) is 0 Å². The number of nitrogens with zero attached hydrogens (tertiary/aromatic N) is 3. The average Bonchev–Trinajstić information content (AvgIpc) is 3.12. The molecule has 0 bridgehead atoms. The molecule has 2 aliphatic heterocycles. The summed E-state index contributed by atoms with van der Waals surface area (Å²) in [6.45, 7) is 1.67. The van der Waals surface area contributed by atoms with Gasteiger partial charge in [0.05, 0.1) is 19.0 Å². The van der Waals surface area contributed by atoms with Gasteiger partial charge < -0.3 is 10.5 Å². The summed E-state index contributed by atoms with van der Waals surface area (Å²) in [5.74, 6) is -4.59. The van der Waals surface area contributed by atoms with Gasteiger partial charge in [0, 0.05) is 0 Å². The molecule has 4 unspecified atom stereocenters. The van der Waals surface area contributed by atoms with Crippen LogP contribution in [0.1, 0.15) is 20.1 Å². The van der Waals surface area contributed by atoms with Crippen LogP contribution in [0.2, 0.25) is 0 Å². The number of hydrogen-bond acceptors (Lipinski definition) is 9. The van der Waals surface area contributed by atoms with Gasteiger partial charge in [-0.3, -0.25) is 27.9 Å². The molecule has 2 saturated heterocycles. The smallest absolute Gasteiger partial charge is 0.369 e. The number of phosphoric ester groups is 1. The SMILES string of the molecule is CC(C)OP1(=O)OCC2(C(F)F)OC(n3cnc4c(=O)[nH]c(N)nc43)C(F)(F)C2O1. The van der Waals surface area contributed by atoms with Gasteiger partial charge in [-0.2, -0.15) is 13.8 Å². The first-order chi connectivity index (χ1) is 13.9. The van der Waals surface area contributed by atoms with Gasteiger partial charge in [-0.15, -0.1) is 0 Å². The van der Waals surface area contributed by atoms with Crippen LogP contribution in [-0.2, 0) is 22.9 Å². The number of nitrogens with one attached hydrogen (secondary N) is 1. The number of phosphoric acid groups is 1. The van der Waals surface area contributed by atoms with Gasteiger partial charge in [-0.05, 0) is 13.8 Å². The lowest BCUT2D eigenvalue weighted by Crippen LogP contribution is -2.57. The zero-order valence-electron chi connectivity index (χ0n) is 15.4. The van der Waals surface area contributed by atoms with Crippen molar-refractivity contribution in [2.45, 2.75) is 50.2 Å². The molecule has 4 atom stereocenters. The van der Waals surface area contributed by atoms with Gasteiger partial charge in [0.1, 0.15) is 0 Å². The Balaban J connectivity index is 1.82. The van der Waals surface area contributed by atoms with Crippen LogP contribution in [0.5, 0.6) is 0 Å². The largest absolute Gasteiger partial charge is 0.475 e. The second-order valence-electron chi connectivity index (χ2n) is 7.04. The van der Waals surface area contributed by atoms with E-state index in [1.165, 1.54) is 13.8 Å². The van der Waals surface area contributed by atoms with Gasteiger partial charge in [0.2, 0.25) is 12.2 Å². The van der Waals surface area contributed by atoms with E-state index in [-0.39, 0.29) is 5.52 Å². The number of alkyl halides is 4. The molecule has 11 nitrogen and oxygen atoms in total. The first kappa shape index (κ1) is 21.2. The summed E-state index contributed by atoms with van der Waals surface area (Å²) in [4.78, 5) is 21.4. The minimum absolute atomic E-state index is 0.365. The quantitative estimate of drug-likeness (QED) is 0.519. The first-order valence-corrected chi connectivity index (χ1v) is 10.0. The van der Waals surface area contributed by atoms with Crippen LogP contribution in [0.3, 0.4) is 0 Å². The summed E-state index contributed by atoms with van der Waals surface area (Å²) in [6, 6.07) is 0. The second kappa shape index (κ2) is 6.72. The number of halogens is 4. The summed E-state index contributed by atoms with van der Waals surface area (Å²) in [5, 5.41) is 0. The Hall–Kier alpha value is -2.06. The minimum Gasteiger partial charge on any atom is -0.369 e. The highest BCUT2D eigenvalue weighted by molar-refractivity contribution is 7.48. The molecule has 0 radical (unpaired) electrons. The lowest BCUT2D eigenvalue weighted by atomic mass is 9.96. The van der Waals surface area contributed by atoms with Crippen molar-refractivity contribution in [2.24, 2.45) is 0 Å². The van der Waals surface area contributed by atoms with Crippen LogP contribution in [0.25, 0.3) is 11.2 Å². The number of imidazole rings is 1. The number of H-pyrrole nitrogens is 1. The van der Waals surface area contributed by atoms with E-state index >= 15 is 8.78 Å². The first-order valence-electron chi connectivity index (χ1n) is 8.57. The van der Waals surface area contributed by atoms with Crippen molar-refractivity contribution in [3.8, 4) is 0 Å². The fourth-order valence-corrected chi connectivity index (χ4v) is 4.94. The number of fused-ring (bicyclic) bond motifs is 2. The van der Waals surface area contributed by atoms with E-state index in [9.17, 15) is 18.1 Å². The van der Waals surface area contributed by atoms with Crippen molar-refractivity contribution < 1.29 is 40.4 Å². The maximum absolute atomic E-state index is 15.3. The Labute approximate surface area is 165 Å². The molecule has 0 aliphatic carbocycles. The number of aromatic amines is 1. The van der Waals surface area contributed by atoms with Crippen molar-refractivity contribution in [3.63, 3.8) is 0 Å². The number of ether oxygens (including phenoxy) is 1. The van der Waals surface area contributed by atoms with Crippen LogP contribution in [0.15, 0.2) is 11.1 Å². The lowest BCUT2D eigenvalue weighted by molar-refractivity contribution is -0.208. The number of anilines is 1. The molecular weight excluding hydrogens is 441 g/mol. The molecular formula is C14H16F4N5O6P. The fraction of sp³-hybridized carbons (Fsp3) is 0.643. The zero-order chi connectivity index (χ0) is 22.1. The summed E-state index contributed by atoms with van der Waals surface area (Å²) in [7, 11) is -4.58. The molecule has 30 heavy (non-hydrogen) atoms. The maximum Gasteiger partial charge on any atom is 0.475 e. The van der Waals surface area contributed by atoms with E-state index in [2.05, 4.69) is 15.0 Å². The second-order valence-corrected chi connectivity index (χ2v) is 8.61. The van der Waals surface area contributed by atoms with Crippen LogP contribution in [0, 0.1) is 0 Å². The Morgan fingerprint density at radius 3 is 2.77 bits per heavy atom. The third-order valence-corrected chi connectivity index (χ3v) is 6.14. The molecule has 0 spiro atoms. The normalized spacial score (nSPS) is 33.5. The minimum atomic E-state index is -4.58. The van der Waals surface area contributed by atoms with Gasteiger partial charge in [0.15, 0.2) is 22.9 Å². The summed E-state index contributed by atoms with van der Waals surface area (Å²) >= 11 is 0. The molecule has 4 heterocycles. The Kier molecular flexibility index (Phi) is 4.74. The van der Waals surface area contributed by atoms with E-state index in [1.807, 2.05) is 0 Å². The molecule has 2 aromatic heterocycles. The zero-order valence-corrected chi connectivity index (χ0v) is 16.3. The summed E-state index contributed by atoms with van der Waals surface area (Å²) in [6.07, 6.45) is -8.64. The standard InChI is InChI=1S/C14H16F4N5O6P/c1-5(2)28-30(25)26-3-13(10(15)16)9(29-30)14(17,18)11(27-13)23-4-20-6-7(23)21-12(19)22-8(6)24/h4-5,9-11H,3H2,1-2H3,(H3,19,21,22,24). The molecule has 0 aromatic carbocycles. The maximum atomic E-state index is 15.3. The predicted octanol–water partition coefficient (Wildman–Crippen LogP) is 1.82. The number of nitrogen functional groups attached to an aromatic ring is 1. The predicted molar refractivity (Wildman–Crippen MR) is 91.0 cm³/mol. The summed E-state index contributed by atoms with van der Waals surface area (Å²) < 4.78 is 91.1. The van der Waals surface area contributed by atoms with Crippen LogP contribution >= 0.6 is 7.82 Å². The molecule has 0 amide bonds. The van der Waals surface area contributed by atoms with Gasteiger partial charge in [0.25, 0.3) is 12.0 Å². The highest BCUT2D eigenvalue weighted by Crippen LogP contribution is 2.64.